The SMILES string of the molecule is C/C=C\C/C=C/C1=CC=C(C=O)CC=C1.C=CC=[NH+]C.CC.CC.CC. The minimum Gasteiger partial charge on any atom is -0.298 e. The molecule has 0 spiro atoms. The molecular formula is C24H42NO+. The minimum atomic E-state index is 0.728. The summed E-state index contributed by atoms with van der Waals surface area (Å²) in [6, 6.07) is 0. The van der Waals surface area contributed by atoms with Crippen LogP contribution < -0.4 is 4.99 Å². The van der Waals surface area contributed by atoms with Gasteiger partial charge in [-0.3, -0.25) is 9.79 Å². The van der Waals surface area contributed by atoms with Crippen LogP contribution in [0, 0.1) is 0 Å². The van der Waals surface area contributed by atoms with Crippen LogP contribution in [0.2, 0.25) is 0 Å². The number of carbonyl (C=O) groups is 1. The molecule has 0 aliphatic heterocycles. The van der Waals surface area contributed by atoms with E-state index in [1.54, 1.807) is 12.3 Å². The number of hydrogen-bond donors (Lipinski definition) is 1. The highest BCUT2D eigenvalue weighted by molar-refractivity contribution is 5.74. The van der Waals surface area contributed by atoms with E-state index in [4.69, 9.17) is 0 Å². The van der Waals surface area contributed by atoms with Crippen LogP contribution >= 0.6 is 0 Å². The van der Waals surface area contributed by atoms with Crippen molar-refractivity contribution in [2.75, 3.05) is 7.05 Å². The molecule has 2 nitrogen and oxygen atoms in total. The van der Waals surface area contributed by atoms with Gasteiger partial charge in [-0.1, -0.05) is 96.7 Å². The third-order valence-electron chi connectivity index (χ3n) is 2.41. The summed E-state index contributed by atoms with van der Waals surface area (Å²) in [5.74, 6) is 0. The van der Waals surface area contributed by atoms with Crippen LogP contribution in [0.1, 0.15) is 61.3 Å². The molecule has 0 aromatic rings. The van der Waals surface area contributed by atoms with Gasteiger partial charge in [0, 0.05) is 0 Å². The molecule has 1 aliphatic carbocycles. The van der Waals surface area contributed by atoms with Crippen molar-refractivity contribution in [3.63, 3.8) is 0 Å². The Morgan fingerprint density at radius 1 is 1.08 bits per heavy atom. The predicted molar refractivity (Wildman–Crippen MR) is 122 cm³/mol. The minimum absolute atomic E-state index is 0.728. The normalized spacial score (nSPS) is 12.0. The van der Waals surface area contributed by atoms with E-state index in [0.29, 0.717) is 0 Å². The third-order valence-corrected chi connectivity index (χ3v) is 2.41. The molecule has 0 radical (unpaired) electrons. The summed E-state index contributed by atoms with van der Waals surface area (Å²) in [4.78, 5) is 13.3. The molecule has 0 heterocycles. The lowest BCUT2D eigenvalue weighted by atomic mass is 10.2. The first kappa shape index (κ1) is 31.5. The van der Waals surface area contributed by atoms with Crippen LogP contribution in [0.15, 0.2) is 72.4 Å². The van der Waals surface area contributed by atoms with E-state index in [9.17, 15) is 4.79 Å². The Morgan fingerprint density at radius 3 is 2.12 bits per heavy atom. The smallest absolute Gasteiger partial charge is 0.160 e. The van der Waals surface area contributed by atoms with Crippen molar-refractivity contribution in [3.8, 4) is 0 Å². The van der Waals surface area contributed by atoms with E-state index >= 15 is 0 Å². The highest BCUT2D eigenvalue weighted by Gasteiger charge is 1.95. The van der Waals surface area contributed by atoms with Crippen molar-refractivity contribution in [1.82, 2.24) is 0 Å². The van der Waals surface area contributed by atoms with Gasteiger partial charge in [-0.25, -0.2) is 0 Å². The standard InChI is InChI=1S/C14H16O.C4H7N.3C2H6/c1-2-3-4-5-7-13-8-6-9-14(12-15)11-10-13;1-3-4-5-2;3*1-2/h2-3,5-8,10-12H,4,9H2,1H3;3-4H,1H2,2H3;3*1-2H3/p+1/b3-2-,7-5+;;;;. The van der Waals surface area contributed by atoms with Crippen LogP contribution in [0.5, 0.6) is 0 Å². The lowest BCUT2D eigenvalue weighted by molar-refractivity contribution is -0.413. The Morgan fingerprint density at radius 2 is 1.69 bits per heavy atom. The van der Waals surface area contributed by atoms with E-state index in [2.05, 4.69) is 29.8 Å². The molecule has 0 fully saturated rings. The molecule has 0 saturated heterocycles. The maximum atomic E-state index is 10.6. The zero-order chi connectivity index (χ0) is 21.1. The van der Waals surface area contributed by atoms with Crippen LogP contribution in [0.4, 0.5) is 0 Å². The van der Waals surface area contributed by atoms with E-state index < -0.39 is 0 Å². The summed E-state index contributed by atoms with van der Waals surface area (Å²) in [6.45, 7) is 17.4. The molecule has 0 unspecified atom stereocenters. The Labute approximate surface area is 163 Å². The second kappa shape index (κ2) is 34.2. The van der Waals surface area contributed by atoms with Gasteiger partial charge in [0.1, 0.15) is 13.3 Å². The highest BCUT2D eigenvalue weighted by Crippen LogP contribution is 2.10. The predicted octanol–water partition coefficient (Wildman–Crippen LogP) is 5.55. The second-order valence-electron chi connectivity index (χ2n) is 4.03. The van der Waals surface area contributed by atoms with Crippen molar-refractivity contribution < 1.29 is 9.79 Å². The molecule has 0 aromatic carbocycles. The summed E-state index contributed by atoms with van der Waals surface area (Å²) in [6.07, 6.45) is 22.3. The van der Waals surface area contributed by atoms with E-state index in [-0.39, 0.29) is 0 Å². The van der Waals surface area contributed by atoms with Crippen molar-refractivity contribution in [2.45, 2.75) is 61.3 Å². The zero-order valence-corrected chi connectivity index (χ0v) is 18.4. The average molecular weight is 361 g/mol. The fourth-order valence-electron chi connectivity index (χ4n) is 1.39. The number of aldehydes is 1. The van der Waals surface area contributed by atoms with Gasteiger partial charge in [0.05, 0.1) is 0 Å². The van der Waals surface area contributed by atoms with Gasteiger partial charge in [0.15, 0.2) is 6.21 Å². The molecule has 0 atom stereocenters. The van der Waals surface area contributed by atoms with Crippen molar-refractivity contribution >= 4 is 12.5 Å². The molecule has 148 valence electrons. The van der Waals surface area contributed by atoms with Gasteiger partial charge in [-0.15, -0.1) is 0 Å². The Hall–Kier alpha value is -2.22. The molecule has 0 amide bonds. The third kappa shape index (κ3) is 26.7. The summed E-state index contributed by atoms with van der Waals surface area (Å²) in [5, 5.41) is 0. The molecule has 0 aromatic heterocycles. The number of allylic oxidation sites excluding steroid dienone is 11. The first-order valence-electron chi connectivity index (χ1n) is 9.70. The molecule has 1 rings (SSSR count). The fourth-order valence-corrected chi connectivity index (χ4v) is 1.39. The van der Waals surface area contributed by atoms with Crippen LogP contribution in [0.25, 0.3) is 0 Å². The second-order valence-corrected chi connectivity index (χ2v) is 4.03. The first-order chi connectivity index (χ1) is 12.8. The number of nitrogens with one attached hydrogen (secondary N) is 1. The van der Waals surface area contributed by atoms with Gasteiger partial charge in [0.25, 0.3) is 0 Å². The highest BCUT2D eigenvalue weighted by atomic mass is 16.1. The van der Waals surface area contributed by atoms with E-state index in [0.717, 1.165) is 30.3 Å². The average Bonchev–Trinajstić information content (AvgIpc) is 2.96. The Balaban J connectivity index is -0.000000185. The molecule has 1 N–H and O–H groups in total. The fraction of sp³-hybridized carbons (Fsp3) is 0.417. The number of carbonyl (C=O) groups excluding carboxylic acids is 1. The quantitative estimate of drug-likeness (QED) is 0.389. The van der Waals surface area contributed by atoms with Crippen molar-refractivity contribution in [2.24, 2.45) is 0 Å². The Kier molecular flexibility index (Phi) is 41.5. The molecule has 0 saturated carbocycles. The summed E-state index contributed by atoms with van der Waals surface area (Å²) in [7, 11) is 1.84. The largest absolute Gasteiger partial charge is 0.298 e. The van der Waals surface area contributed by atoms with Gasteiger partial charge >= 0.3 is 0 Å². The van der Waals surface area contributed by atoms with Crippen LogP contribution in [0.3, 0.4) is 0 Å². The van der Waals surface area contributed by atoms with Gasteiger partial charge in [-0.05, 0) is 37.0 Å². The lowest BCUT2D eigenvalue weighted by Crippen LogP contribution is -2.62. The van der Waals surface area contributed by atoms with Gasteiger partial charge in [-0.2, -0.15) is 0 Å². The van der Waals surface area contributed by atoms with Gasteiger partial charge < -0.3 is 0 Å². The van der Waals surface area contributed by atoms with Gasteiger partial charge in [0.2, 0.25) is 0 Å². The van der Waals surface area contributed by atoms with Crippen molar-refractivity contribution in [3.05, 3.63) is 72.4 Å². The first-order valence-corrected chi connectivity index (χ1v) is 9.70. The Bertz CT molecular complexity index is 461. The van der Waals surface area contributed by atoms with E-state index in [1.165, 1.54) is 0 Å². The maximum Gasteiger partial charge on any atom is 0.160 e. The number of hydrogen-bond acceptors (Lipinski definition) is 1. The number of rotatable bonds is 5. The van der Waals surface area contributed by atoms with Crippen molar-refractivity contribution in [1.29, 1.82) is 0 Å². The summed E-state index contributed by atoms with van der Waals surface area (Å²) < 4.78 is 0. The topological polar surface area (TPSA) is 31.0 Å². The molecule has 26 heavy (non-hydrogen) atoms. The monoisotopic (exact) mass is 360 g/mol. The molecule has 1 aliphatic rings. The molecule has 2 heteroatoms. The lowest BCUT2D eigenvalue weighted by Gasteiger charge is -1.88. The van der Waals surface area contributed by atoms with Crippen LogP contribution in [-0.4, -0.2) is 19.5 Å². The maximum absolute atomic E-state index is 10.6. The zero-order valence-electron chi connectivity index (χ0n) is 18.4. The van der Waals surface area contributed by atoms with E-state index in [1.807, 2.05) is 85.9 Å². The molecule has 0 bridgehead atoms. The van der Waals surface area contributed by atoms with Crippen LogP contribution in [-0.2, 0) is 4.79 Å². The summed E-state index contributed by atoms with van der Waals surface area (Å²) >= 11 is 0. The summed E-state index contributed by atoms with van der Waals surface area (Å²) in [5.41, 5.74) is 1.96. The molecular weight excluding hydrogens is 318 g/mol.